The predicted molar refractivity (Wildman–Crippen MR) is 139 cm³/mol. The maximum Gasteiger partial charge on any atom is 0.194 e. The molecule has 1 heterocycles. The van der Waals surface area contributed by atoms with Crippen molar-refractivity contribution in [2.24, 2.45) is 16.8 Å². The second kappa shape index (κ2) is 11.8. The van der Waals surface area contributed by atoms with Gasteiger partial charge in [0.25, 0.3) is 0 Å². The van der Waals surface area contributed by atoms with E-state index in [0.717, 1.165) is 55.6 Å². The van der Waals surface area contributed by atoms with Crippen molar-refractivity contribution >= 4 is 39.8 Å². The molecule has 3 rings (SSSR count). The molecule has 2 fully saturated rings. The number of nitrogens with zero attached hydrogens (tertiary/aromatic N) is 3. The number of benzene rings is 1. The number of hydrogen-bond acceptors (Lipinski definition) is 4. The van der Waals surface area contributed by atoms with E-state index < -0.39 is 9.84 Å². The Bertz CT molecular complexity index is 810. The van der Waals surface area contributed by atoms with Crippen LogP contribution >= 0.6 is 24.0 Å². The van der Waals surface area contributed by atoms with Gasteiger partial charge in [-0.15, -0.1) is 24.0 Å². The lowest BCUT2D eigenvalue weighted by atomic mass is 9.79. The van der Waals surface area contributed by atoms with Gasteiger partial charge in [-0.25, -0.2) is 8.42 Å². The minimum atomic E-state index is -3.15. The van der Waals surface area contributed by atoms with Gasteiger partial charge in [-0.1, -0.05) is 26.0 Å². The zero-order chi connectivity index (χ0) is 21.7. The fourth-order valence-corrected chi connectivity index (χ4v) is 5.43. The molecule has 0 spiro atoms. The molecular formula is C23H39IN4O2S. The van der Waals surface area contributed by atoms with Gasteiger partial charge >= 0.3 is 0 Å². The Morgan fingerprint density at radius 2 is 1.65 bits per heavy atom. The molecule has 31 heavy (non-hydrogen) atoms. The van der Waals surface area contributed by atoms with Gasteiger partial charge < -0.3 is 10.2 Å². The number of rotatable bonds is 5. The quantitative estimate of drug-likeness (QED) is 0.338. The average Bonchev–Trinajstić information content (AvgIpc) is 2.74. The second-order valence-corrected chi connectivity index (χ2v) is 11.2. The monoisotopic (exact) mass is 562 g/mol. The van der Waals surface area contributed by atoms with Gasteiger partial charge in [0.05, 0.1) is 4.90 Å². The SMILES string of the molecule is CN=C(NCc1ccc(S(C)(=O)=O)cc1)N1CCN(C2CCC(C(C)C)CC2)CC1.I. The van der Waals surface area contributed by atoms with Crippen LogP contribution in [0.4, 0.5) is 0 Å². The lowest BCUT2D eigenvalue weighted by molar-refractivity contribution is 0.0864. The number of guanidine groups is 1. The molecule has 1 aliphatic carbocycles. The molecule has 0 unspecified atom stereocenters. The Morgan fingerprint density at radius 3 is 2.13 bits per heavy atom. The van der Waals surface area contributed by atoms with Crippen LogP contribution in [-0.4, -0.2) is 69.7 Å². The highest BCUT2D eigenvalue weighted by Crippen LogP contribution is 2.32. The van der Waals surface area contributed by atoms with E-state index >= 15 is 0 Å². The number of halogens is 1. The first-order chi connectivity index (χ1) is 14.3. The highest BCUT2D eigenvalue weighted by molar-refractivity contribution is 14.0. The summed E-state index contributed by atoms with van der Waals surface area (Å²) in [4.78, 5) is 9.84. The third kappa shape index (κ3) is 7.32. The summed E-state index contributed by atoms with van der Waals surface area (Å²) in [5.41, 5.74) is 1.05. The van der Waals surface area contributed by atoms with Crippen molar-refractivity contribution in [2.75, 3.05) is 39.5 Å². The molecule has 0 aromatic heterocycles. The molecule has 176 valence electrons. The van der Waals surface area contributed by atoms with Crippen molar-refractivity contribution in [3.05, 3.63) is 29.8 Å². The van der Waals surface area contributed by atoms with Gasteiger partial charge in [-0.2, -0.15) is 0 Å². The molecule has 0 bridgehead atoms. The van der Waals surface area contributed by atoms with E-state index in [1.807, 2.05) is 19.2 Å². The van der Waals surface area contributed by atoms with Crippen LogP contribution in [0.2, 0.25) is 0 Å². The first-order valence-corrected chi connectivity index (χ1v) is 13.2. The van der Waals surface area contributed by atoms with Gasteiger partial charge in [0.1, 0.15) is 0 Å². The summed E-state index contributed by atoms with van der Waals surface area (Å²) in [5.74, 6) is 2.65. The van der Waals surface area contributed by atoms with Crippen molar-refractivity contribution in [3.8, 4) is 0 Å². The van der Waals surface area contributed by atoms with E-state index in [-0.39, 0.29) is 24.0 Å². The molecule has 2 aliphatic rings. The van der Waals surface area contributed by atoms with E-state index in [1.165, 1.54) is 31.9 Å². The Morgan fingerprint density at radius 1 is 1.06 bits per heavy atom. The van der Waals surface area contributed by atoms with Crippen LogP contribution in [0.15, 0.2) is 34.2 Å². The molecule has 1 aromatic carbocycles. The molecule has 0 amide bonds. The predicted octanol–water partition coefficient (Wildman–Crippen LogP) is 3.62. The van der Waals surface area contributed by atoms with Crippen LogP contribution in [0.5, 0.6) is 0 Å². The van der Waals surface area contributed by atoms with Crippen LogP contribution < -0.4 is 5.32 Å². The lowest BCUT2D eigenvalue weighted by Crippen LogP contribution is -2.55. The van der Waals surface area contributed by atoms with E-state index in [1.54, 1.807) is 12.1 Å². The Hall–Kier alpha value is -0.870. The average molecular weight is 563 g/mol. The van der Waals surface area contributed by atoms with E-state index in [9.17, 15) is 8.42 Å². The van der Waals surface area contributed by atoms with Crippen molar-refractivity contribution < 1.29 is 8.42 Å². The molecule has 6 nitrogen and oxygen atoms in total. The van der Waals surface area contributed by atoms with Gasteiger partial charge in [-0.05, 0) is 55.2 Å². The fourth-order valence-electron chi connectivity index (χ4n) is 4.80. The van der Waals surface area contributed by atoms with Crippen LogP contribution in [0, 0.1) is 11.8 Å². The first kappa shape index (κ1) is 26.4. The fraction of sp³-hybridized carbons (Fsp3) is 0.696. The Kier molecular flexibility index (Phi) is 10.1. The normalized spacial score (nSPS) is 23.5. The van der Waals surface area contributed by atoms with Crippen molar-refractivity contribution in [1.29, 1.82) is 0 Å². The number of aliphatic imine (C=N–C) groups is 1. The van der Waals surface area contributed by atoms with Crippen molar-refractivity contribution in [3.63, 3.8) is 0 Å². The third-order valence-electron chi connectivity index (χ3n) is 6.83. The zero-order valence-electron chi connectivity index (χ0n) is 19.4. The number of piperazine rings is 1. The maximum absolute atomic E-state index is 11.6. The van der Waals surface area contributed by atoms with Crippen LogP contribution in [0.25, 0.3) is 0 Å². The molecular weight excluding hydrogens is 523 g/mol. The summed E-state index contributed by atoms with van der Waals surface area (Å²) in [6.07, 6.45) is 6.68. The topological polar surface area (TPSA) is 65.0 Å². The number of nitrogens with one attached hydrogen (secondary N) is 1. The number of sulfone groups is 1. The van der Waals surface area contributed by atoms with Crippen LogP contribution in [-0.2, 0) is 16.4 Å². The summed E-state index contributed by atoms with van der Waals surface area (Å²) in [5, 5.41) is 3.43. The third-order valence-corrected chi connectivity index (χ3v) is 7.96. The summed E-state index contributed by atoms with van der Waals surface area (Å²) in [7, 11) is -1.32. The highest BCUT2D eigenvalue weighted by Gasteiger charge is 2.29. The smallest absolute Gasteiger partial charge is 0.194 e. The maximum atomic E-state index is 11.6. The van der Waals surface area contributed by atoms with Crippen LogP contribution in [0.1, 0.15) is 45.1 Å². The molecule has 1 saturated carbocycles. The largest absolute Gasteiger partial charge is 0.352 e. The summed E-state index contributed by atoms with van der Waals surface area (Å²) >= 11 is 0. The molecule has 1 N–H and O–H groups in total. The second-order valence-electron chi connectivity index (χ2n) is 9.15. The molecule has 1 aromatic rings. The standard InChI is InChI=1S/C23H38N4O2S.HI/c1-18(2)20-7-9-21(10-8-20)26-13-15-27(16-14-26)23(24-3)25-17-19-5-11-22(12-6-19)30(4,28)29;/h5-6,11-12,18,20-21H,7-10,13-17H2,1-4H3,(H,24,25);1H. The van der Waals surface area contributed by atoms with Crippen molar-refractivity contribution in [1.82, 2.24) is 15.1 Å². The van der Waals surface area contributed by atoms with E-state index in [2.05, 4.69) is 34.0 Å². The van der Waals surface area contributed by atoms with Crippen molar-refractivity contribution in [2.45, 2.75) is 57.0 Å². The molecule has 1 aliphatic heterocycles. The molecule has 0 radical (unpaired) electrons. The summed E-state index contributed by atoms with van der Waals surface area (Å²) < 4.78 is 23.2. The van der Waals surface area contributed by atoms with E-state index in [0.29, 0.717) is 11.4 Å². The minimum absolute atomic E-state index is 0. The molecule has 8 heteroatoms. The lowest BCUT2D eigenvalue weighted by Gasteiger charge is -2.43. The number of hydrogen-bond donors (Lipinski definition) is 1. The van der Waals surface area contributed by atoms with Gasteiger partial charge in [0.15, 0.2) is 15.8 Å². The summed E-state index contributed by atoms with van der Waals surface area (Å²) in [6, 6.07) is 7.82. The van der Waals surface area contributed by atoms with Gasteiger partial charge in [0.2, 0.25) is 0 Å². The molecule has 0 atom stereocenters. The Balaban J connectivity index is 0.00000341. The minimum Gasteiger partial charge on any atom is -0.352 e. The van der Waals surface area contributed by atoms with Gasteiger partial charge in [0, 0.05) is 52.1 Å². The Labute approximate surface area is 205 Å². The summed E-state index contributed by atoms with van der Waals surface area (Å²) in [6.45, 7) is 9.55. The van der Waals surface area contributed by atoms with E-state index in [4.69, 9.17) is 0 Å². The first-order valence-electron chi connectivity index (χ1n) is 11.3. The zero-order valence-corrected chi connectivity index (χ0v) is 22.5. The molecule has 1 saturated heterocycles. The van der Waals surface area contributed by atoms with Gasteiger partial charge in [-0.3, -0.25) is 9.89 Å². The highest BCUT2D eigenvalue weighted by atomic mass is 127. The van der Waals surface area contributed by atoms with Crippen LogP contribution in [0.3, 0.4) is 0 Å².